The Hall–Kier alpha value is -1.34. The van der Waals surface area contributed by atoms with Gasteiger partial charge in [0.2, 0.25) is 5.91 Å². The molecule has 0 aromatic rings. The van der Waals surface area contributed by atoms with Gasteiger partial charge in [0, 0.05) is 26.7 Å². The summed E-state index contributed by atoms with van der Waals surface area (Å²) in [5.74, 6) is -0.345. The third kappa shape index (κ3) is 5.14. The molecule has 3 atom stereocenters. The van der Waals surface area contributed by atoms with Crippen molar-refractivity contribution in [3.63, 3.8) is 0 Å². The van der Waals surface area contributed by atoms with Crippen LogP contribution in [0.4, 0.5) is 4.79 Å². The highest BCUT2D eigenvalue weighted by Gasteiger charge is 2.39. The maximum Gasteiger partial charge on any atom is 0.408 e. The molecule has 1 aliphatic heterocycles. The van der Waals surface area contributed by atoms with Crippen molar-refractivity contribution < 1.29 is 23.8 Å². The zero-order valence-electron chi connectivity index (χ0n) is 14.3. The number of ether oxygens (including phenoxy) is 3. The zero-order valence-corrected chi connectivity index (χ0v) is 14.3. The first-order valence-corrected chi connectivity index (χ1v) is 7.52. The van der Waals surface area contributed by atoms with E-state index in [-0.39, 0.29) is 17.7 Å². The second kappa shape index (κ2) is 7.78. The van der Waals surface area contributed by atoms with E-state index in [9.17, 15) is 9.59 Å². The van der Waals surface area contributed by atoms with Crippen LogP contribution in [0.3, 0.4) is 0 Å². The summed E-state index contributed by atoms with van der Waals surface area (Å²) in [5, 5.41) is 5.59. The average molecular weight is 316 g/mol. The highest BCUT2D eigenvalue weighted by Crippen LogP contribution is 2.26. The lowest BCUT2D eigenvalue weighted by Crippen LogP contribution is -2.52. The summed E-state index contributed by atoms with van der Waals surface area (Å²) in [4.78, 5) is 24.0. The van der Waals surface area contributed by atoms with Gasteiger partial charge in [0.1, 0.15) is 5.60 Å². The van der Waals surface area contributed by atoms with Crippen LogP contribution in [-0.2, 0) is 19.0 Å². The SMILES string of the molecule is COC(OC)C(NC(=O)OC(C)(C)C)C(C)C1CCNC1=O. The van der Waals surface area contributed by atoms with Crippen LogP contribution >= 0.6 is 0 Å². The van der Waals surface area contributed by atoms with Crippen LogP contribution in [0.5, 0.6) is 0 Å². The maximum absolute atomic E-state index is 12.1. The van der Waals surface area contributed by atoms with Crippen molar-refractivity contribution in [3.05, 3.63) is 0 Å². The van der Waals surface area contributed by atoms with Crippen molar-refractivity contribution in [2.24, 2.45) is 11.8 Å². The lowest BCUT2D eigenvalue weighted by Gasteiger charge is -2.33. The fourth-order valence-electron chi connectivity index (χ4n) is 2.65. The van der Waals surface area contributed by atoms with E-state index < -0.39 is 24.0 Å². The number of carbonyl (C=O) groups excluding carboxylic acids is 2. The lowest BCUT2D eigenvalue weighted by atomic mass is 9.86. The molecule has 1 rings (SSSR count). The Morgan fingerprint density at radius 2 is 1.91 bits per heavy atom. The first-order chi connectivity index (χ1) is 10.2. The van der Waals surface area contributed by atoms with Gasteiger partial charge in [-0.1, -0.05) is 6.92 Å². The highest BCUT2D eigenvalue weighted by atomic mass is 16.7. The monoisotopic (exact) mass is 316 g/mol. The third-order valence-corrected chi connectivity index (χ3v) is 3.73. The number of rotatable bonds is 6. The quantitative estimate of drug-likeness (QED) is 0.721. The molecule has 0 aliphatic carbocycles. The van der Waals surface area contributed by atoms with E-state index in [4.69, 9.17) is 14.2 Å². The second-order valence-electron chi connectivity index (χ2n) is 6.56. The highest BCUT2D eigenvalue weighted by molar-refractivity contribution is 5.81. The molecule has 2 N–H and O–H groups in total. The first kappa shape index (κ1) is 18.7. The molecule has 7 nitrogen and oxygen atoms in total. The number of nitrogens with one attached hydrogen (secondary N) is 2. The minimum absolute atomic E-state index is 0.00514. The molecule has 0 radical (unpaired) electrons. The standard InChI is InChI=1S/C15H28N2O5/c1-9(10-7-8-16-12(10)18)11(13(20-5)21-6)17-14(19)22-15(2,3)4/h9-11,13H,7-8H2,1-6H3,(H,16,18)(H,17,19). The first-order valence-electron chi connectivity index (χ1n) is 7.52. The molecule has 0 aromatic heterocycles. The van der Waals surface area contributed by atoms with Gasteiger partial charge in [-0.15, -0.1) is 0 Å². The topological polar surface area (TPSA) is 85.9 Å². The summed E-state index contributed by atoms with van der Waals surface area (Å²) in [7, 11) is 3.00. The van der Waals surface area contributed by atoms with E-state index in [0.29, 0.717) is 6.54 Å². The third-order valence-electron chi connectivity index (χ3n) is 3.73. The van der Waals surface area contributed by atoms with E-state index in [1.165, 1.54) is 14.2 Å². The van der Waals surface area contributed by atoms with Gasteiger partial charge in [-0.3, -0.25) is 4.79 Å². The molecule has 0 spiro atoms. The molecule has 0 bridgehead atoms. The number of amides is 2. The number of methoxy groups -OCH3 is 2. The van der Waals surface area contributed by atoms with Crippen LogP contribution in [0.15, 0.2) is 0 Å². The minimum atomic E-state index is -0.657. The Balaban J connectivity index is 2.83. The van der Waals surface area contributed by atoms with Gasteiger partial charge in [-0.2, -0.15) is 0 Å². The van der Waals surface area contributed by atoms with Crippen LogP contribution in [-0.4, -0.2) is 50.7 Å². The summed E-state index contributed by atoms with van der Waals surface area (Å²) in [6.07, 6.45) is -0.482. The van der Waals surface area contributed by atoms with E-state index in [1.54, 1.807) is 20.8 Å². The Morgan fingerprint density at radius 1 is 1.32 bits per heavy atom. The van der Waals surface area contributed by atoms with E-state index in [2.05, 4.69) is 10.6 Å². The molecule has 1 aliphatic rings. The van der Waals surface area contributed by atoms with Gasteiger partial charge in [0.25, 0.3) is 0 Å². The van der Waals surface area contributed by atoms with Crippen LogP contribution in [0, 0.1) is 11.8 Å². The van der Waals surface area contributed by atoms with Crippen molar-refractivity contribution in [1.29, 1.82) is 0 Å². The normalized spacial score (nSPS) is 21.4. The molecule has 22 heavy (non-hydrogen) atoms. The van der Waals surface area contributed by atoms with Crippen molar-refractivity contribution in [1.82, 2.24) is 10.6 Å². The van der Waals surface area contributed by atoms with Crippen LogP contribution in [0.1, 0.15) is 34.1 Å². The van der Waals surface area contributed by atoms with Gasteiger partial charge in [-0.05, 0) is 33.1 Å². The fourth-order valence-corrected chi connectivity index (χ4v) is 2.65. The summed E-state index contributed by atoms with van der Waals surface area (Å²) in [6.45, 7) is 7.93. The van der Waals surface area contributed by atoms with Gasteiger partial charge in [0.15, 0.2) is 6.29 Å². The Bertz CT molecular complexity index is 390. The predicted octanol–water partition coefficient (Wildman–Crippen LogP) is 1.27. The second-order valence-corrected chi connectivity index (χ2v) is 6.56. The van der Waals surface area contributed by atoms with Crippen LogP contribution < -0.4 is 10.6 Å². The summed E-state index contributed by atoms with van der Waals surface area (Å²) in [5.41, 5.74) is -0.599. The molecule has 1 saturated heterocycles. The van der Waals surface area contributed by atoms with Gasteiger partial charge in [-0.25, -0.2) is 4.79 Å². The maximum atomic E-state index is 12.1. The molecule has 1 fully saturated rings. The molecule has 0 saturated carbocycles. The molecule has 0 aromatic carbocycles. The molecular weight excluding hydrogens is 288 g/mol. The van der Waals surface area contributed by atoms with Crippen molar-refractivity contribution >= 4 is 12.0 Å². The van der Waals surface area contributed by atoms with E-state index in [1.807, 2.05) is 6.92 Å². The van der Waals surface area contributed by atoms with E-state index in [0.717, 1.165) is 6.42 Å². The predicted molar refractivity (Wildman–Crippen MR) is 81.2 cm³/mol. The van der Waals surface area contributed by atoms with Gasteiger partial charge in [0.05, 0.1) is 6.04 Å². The molecule has 2 amide bonds. The Morgan fingerprint density at radius 3 is 2.32 bits per heavy atom. The Kier molecular flexibility index (Phi) is 6.62. The molecule has 128 valence electrons. The lowest BCUT2D eigenvalue weighted by molar-refractivity contribution is -0.140. The number of hydrogen-bond acceptors (Lipinski definition) is 5. The van der Waals surface area contributed by atoms with E-state index >= 15 is 0 Å². The summed E-state index contributed by atoms with van der Waals surface area (Å²) >= 11 is 0. The van der Waals surface area contributed by atoms with Gasteiger partial charge >= 0.3 is 6.09 Å². The molecular formula is C15H28N2O5. The largest absolute Gasteiger partial charge is 0.444 e. The zero-order chi connectivity index (χ0) is 16.9. The average Bonchev–Trinajstić information content (AvgIpc) is 2.82. The summed E-state index contributed by atoms with van der Waals surface area (Å²) in [6, 6.07) is -0.487. The van der Waals surface area contributed by atoms with Crippen LogP contribution in [0.25, 0.3) is 0 Å². The number of alkyl carbamates (subject to hydrolysis) is 1. The fraction of sp³-hybridized carbons (Fsp3) is 0.867. The Labute approximate surface area is 132 Å². The molecule has 7 heteroatoms. The number of carbonyl (C=O) groups is 2. The van der Waals surface area contributed by atoms with Gasteiger partial charge < -0.3 is 24.8 Å². The summed E-state index contributed by atoms with van der Waals surface area (Å²) < 4.78 is 15.9. The number of hydrogen-bond donors (Lipinski definition) is 2. The van der Waals surface area contributed by atoms with Crippen LogP contribution in [0.2, 0.25) is 0 Å². The molecule has 1 heterocycles. The van der Waals surface area contributed by atoms with Crippen molar-refractivity contribution in [2.75, 3.05) is 20.8 Å². The smallest absolute Gasteiger partial charge is 0.408 e. The molecule has 3 unspecified atom stereocenters. The minimum Gasteiger partial charge on any atom is -0.444 e. The van der Waals surface area contributed by atoms with Crippen molar-refractivity contribution in [3.8, 4) is 0 Å². The van der Waals surface area contributed by atoms with Crippen molar-refractivity contribution in [2.45, 2.75) is 52.0 Å².